The highest BCUT2D eigenvalue weighted by atomic mass is 28.3. The summed E-state index contributed by atoms with van der Waals surface area (Å²) in [6.07, 6.45) is 1.10. The van der Waals surface area contributed by atoms with Gasteiger partial charge in [0, 0.05) is 27.8 Å². The standard InChI is InChI=1S/C40H35NSi/c1-3-30(2)41-39-25-14-13-24-37(39)38-29-32(26-27-40(38)41)31-16-15-23-36(28-31)42(33-17-7-4-8-18-33,34-19-9-5-10-20-34)35-21-11-6-12-22-35/h4-30H,3H2,1-2H3. The van der Waals surface area contributed by atoms with Crippen molar-refractivity contribution in [2.75, 3.05) is 0 Å². The highest BCUT2D eigenvalue weighted by Crippen LogP contribution is 2.35. The summed E-state index contributed by atoms with van der Waals surface area (Å²) >= 11 is 0. The molecule has 2 heteroatoms. The third-order valence-corrected chi connectivity index (χ3v) is 13.8. The van der Waals surface area contributed by atoms with Gasteiger partial charge in [0.25, 0.3) is 0 Å². The summed E-state index contributed by atoms with van der Waals surface area (Å²) in [5, 5.41) is 8.23. The molecule has 0 aliphatic carbocycles. The van der Waals surface area contributed by atoms with Crippen molar-refractivity contribution < 1.29 is 0 Å². The van der Waals surface area contributed by atoms with Gasteiger partial charge >= 0.3 is 0 Å². The molecule has 0 saturated heterocycles. The Morgan fingerprint density at radius 1 is 0.476 bits per heavy atom. The average Bonchev–Trinajstić information content (AvgIpc) is 3.40. The summed E-state index contributed by atoms with van der Waals surface area (Å²) in [6.45, 7) is 4.59. The molecular formula is C40H35NSi. The Balaban J connectivity index is 1.48. The first-order valence-corrected chi connectivity index (χ1v) is 17.0. The molecule has 1 unspecified atom stereocenters. The lowest BCUT2D eigenvalue weighted by Gasteiger charge is -2.34. The Hall–Kier alpha value is -4.66. The molecule has 7 aromatic rings. The van der Waals surface area contributed by atoms with Crippen molar-refractivity contribution in [2.24, 2.45) is 0 Å². The highest BCUT2D eigenvalue weighted by molar-refractivity contribution is 7.19. The number of hydrogen-bond donors (Lipinski definition) is 0. The van der Waals surface area contributed by atoms with E-state index in [2.05, 4.69) is 176 Å². The van der Waals surface area contributed by atoms with Crippen LogP contribution in [0.2, 0.25) is 0 Å². The van der Waals surface area contributed by atoms with Gasteiger partial charge < -0.3 is 4.57 Å². The molecule has 0 N–H and O–H groups in total. The van der Waals surface area contributed by atoms with Crippen molar-refractivity contribution in [3.05, 3.63) is 158 Å². The normalized spacial score (nSPS) is 12.5. The maximum atomic E-state index is 2.52. The second kappa shape index (κ2) is 11.0. The monoisotopic (exact) mass is 557 g/mol. The Bertz CT molecular complexity index is 1880. The molecule has 7 rings (SSSR count). The van der Waals surface area contributed by atoms with Gasteiger partial charge in [-0.2, -0.15) is 0 Å². The fourth-order valence-electron chi connectivity index (χ4n) is 6.84. The van der Waals surface area contributed by atoms with Crippen molar-refractivity contribution in [3.8, 4) is 11.1 Å². The molecule has 1 aromatic heterocycles. The lowest BCUT2D eigenvalue weighted by molar-refractivity contribution is 0.563. The molecule has 0 aliphatic heterocycles. The van der Waals surface area contributed by atoms with Crippen LogP contribution in [0.4, 0.5) is 0 Å². The zero-order valence-electron chi connectivity index (χ0n) is 24.2. The molecule has 6 aromatic carbocycles. The van der Waals surface area contributed by atoms with Crippen molar-refractivity contribution in [1.82, 2.24) is 4.57 Å². The van der Waals surface area contributed by atoms with Gasteiger partial charge in [-0.1, -0.05) is 146 Å². The molecule has 0 spiro atoms. The number of fused-ring (bicyclic) bond motifs is 3. The van der Waals surface area contributed by atoms with Crippen LogP contribution in [0.1, 0.15) is 26.3 Å². The Kier molecular flexibility index (Phi) is 6.85. The SMILES string of the molecule is CCC(C)n1c2ccccc2c2cc(-c3cccc([Si](c4ccccc4)(c4ccccc4)c4ccccc4)c3)ccc21. The topological polar surface area (TPSA) is 4.93 Å². The molecule has 0 aliphatic rings. The van der Waals surface area contributed by atoms with Crippen LogP contribution < -0.4 is 20.7 Å². The summed E-state index contributed by atoms with van der Waals surface area (Å²) in [7, 11) is -2.58. The van der Waals surface area contributed by atoms with E-state index in [1.165, 1.54) is 53.7 Å². The Morgan fingerprint density at radius 2 is 0.976 bits per heavy atom. The van der Waals surface area contributed by atoms with E-state index in [0.717, 1.165) is 6.42 Å². The largest absolute Gasteiger partial charge is 0.338 e. The van der Waals surface area contributed by atoms with E-state index in [9.17, 15) is 0 Å². The van der Waals surface area contributed by atoms with Crippen LogP contribution in [-0.4, -0.2) is 12.6 Å². The molecule has 0 bridgehead atoms. The van der Waals surface area contributed by atoms with E-state index >= 15 is 0 Å². The molecule has 0 radical (unpaired) electrons. The van der Waals surface area contributed by atoms with E-state index < -0.39 is 8.07 Å². The first-order valence-electron chi connectivity index (χ1n) is 15.0. The molecule has 0 saturated carbocycles. The van der Waals surface area contributed by atoms with Crippen molar-refractivity contribution >= 4 is 50.6 Å². The predicted octanol–water partition coefficient (Wildman–Crippen LogP) is 7.81. The van der Waals surface area contributed by atoms with E-state index in [-0.39, 0.29) is 0 Å². The van der Waals surface area contributed by atoms with Gasteiger partial charge in [0.15, 0.2) is 8.07 Å². The number of hydrogen-bond acceptors (Lipinski definition) is 0. The quantitative estimate of drug-likeness (QED) is 0.139. The van der Waals surface area contributed by atoms with Gasteiger partial charge in [0.05, 0.1) is 0 Å². The molecule has 1 atom stereocenters. The highest BCUT2D eigenvalue weighted by Gasteiger charge is 2.41. The zero-order valence-corrected chi connectivity index (χ0v) is 25.2. The van der Waals surface area contributed by atoms with Crippen molar-refractivity contribution in [2.45, 2.75) is 26.3 Å². The van der Waals surface area contributed by atoms with E-state index in [0.29, 0.717) is 6.04 Å². The second-order valence-electron chi connectivity index (χ2n) is 11.3. The first kappa shape index (κ1) is 26.2. The number of aromatic nitrogens is 1. The summed E-state index contributed by atoms with van der Waals surface area (Å²) in [6, 6.07) is 59.2. The van der Waals surface area contributed by atoms with Gasteiger partial charge in [0.2, 0.25) is 0 Å². The third kappa shape index (κ3) is 4.22. The van der Waals surface area contributed by atoms with Crippen LogP contribution in [0.5, 0.6) is 0 Å². The summed E-state index contributed by atoms with van der Waals surface area (Å²) in [5.74, 6) is 0. The smallest absolute Gasteiger partial charge is 0.179 e. The van der Waals surface area contributed by atoms with Gasteiger partial charge in [-0.25, -0.2) is 0 Å². The van der Waals surface area contributed by atoms with Gasteiger partial charge in [0.1, 0.15) is 0 Å². The van der Waals surface area contributed by atoms with Crippen LogP contribution >= 0.6 is 0 Å². The lowest BCUT2D eigenvalue weighted by Crippen LogP contribution is -2.74. The first-order chi connectivity index (χ1) is 20.7. The van der Waals surface area contributed by atoms with Crippen LogP contribution in [0.3, 0.4) is 0 Å². The maximum Gasteiger partial charge on any atom is 0.179 e. The number of para-hydroxylation sites is 1. The summed E-state index contributed by atoms with van der Waals surface area (Å²) in [4.78, 5) is 0. The molecule has 1 nitrogen and oxygen atoms in total. The van der Waals surface area contributed by atoms with E-state index in [1.807, 2.05) is 0 Å². The molecule has 204 valence electrons. The third-order valence-electron chi connectivity index (χ3n) is 8.99. The van der Waals surface area contributed by atoms with Crippen LogP contribution in [-0.2, 0) is 0 Å². The van der Waals surface area contributed by atoms with E-state index in [4.69, 9.17) is 0 Å². The minimum atomic E-state index is -2.58. The zero-order chi connectivity index (χ0) is 28.5. The van der Waals surface area contributed by atoms with Crippen LogP contribution in [0.25, 0.3) is 32.9 Å². The summed E-state index contributed by atoms with van der Waals surface area (Å²) in [5.41, 5.74) is 5.14. The minimum absolute atomic E-state index is 0.441. The number of rotatable bonds is 7. The van der Waals surface area contributed by atoms with Crippen molar-refractivity contribution in [1.29, 1.82) is 0 Å². The molecule has 1 heterocycles. The van der Waals surface area contributed by atoms with Crippen LogP contribution in [0.15, 0.2) is 158 Å². The minimum Gasteiger partial charge on any atom is -0.338 e. The fourth-order valence-corrected chi connectivity index (χ4v) is 11.6. The number of benzene rings is 6. The Morgan fingerprint density at radius 3 is 1.57 bits per heavy atom. The maximum absolute atomic E-state index is 2.58. The summed E-state index contributed by atoms with van der Waals surface area (Å²) < 4.78 is 2.52. The lowest BCUT2D eigenvalue weighted by atomic mass is 10.0. The van der Waals surface area contributed by atoms with Gasteiger partial charge in [-0.3, -0.25) is 0 Å². The van der Waals surface area contributed by atoms with Crippen LogP contribution in [0, 0.1) is 0 Å². The molecule has 0 fully saturated rings. The predicted molar refractivity (Wildman–Crippen MR) is 183 cm³/mol. The second-order valence-corrected chi connectivity index (χ2v) is 15.1. The van der Waals surface area contributed by atoms with E-state index in [1.54, 1.807) is 0 Å². The molecule has 42 heavy (non-hydrogen) atoms. The fraction of sp³-hybridized carbons (Fsp3) is 0.100. The van der Waals surface area contributed by atoms with Crippen molar-refractivity contribution in [3.63, 3.8) is 0 Å². The van der Waals surface area contributed by atoms with Gasteiger partial charge in [-0.15, -0.1) is 0 Å². The Labute approximate surface area is 249 Å². The average molecular weight is 558 g/mol. The molecular weight excluding hydrogens is 523 g/mol. The van der Waals surface area contributed by atoms with Gasteiger partial charge in [-0.05, 0) is 63.4 Å². The number of nitrogens with zero attached hydrogens (tertiary/aromatic N) is 1. The molecule has 0 amide bonds.